The molecule has 0 fully saturated rings. The molecule has 0 rings (SSSR count). The maximum absolute atomic E-state index is 9.96. The molecule has 42 valence electrons. The van der Waals surface area contributed by atoms with Crippen molar-refractivity contribution in [1.82, 2.24) is 0 Å². The molecule has 0 aromatic heterocycles. The van der Waals surface area contributed by atoms with E-state index in [0.29, 0.717) is 4.61 Å². The third-order valence-electron chi connectivity index (χ3n) is 0.339. The lowest BCUT2D eigenvalue weighted by atomic mass is 11.3. The van der Waals surface area contributed by atoms with Gasteiger partial charge in [0.15, 0.2) is 0 Å². The monoisotopic (exact) mass is 216 g/mol. The largest absolute Gasteiger partial charge is 0.508 e. The third kappa shape index (κ3) is 3.84. The summed E-state index contributed by atoms with van der Waals surface area (Å²) in [6.45, 7) is 0. The van der Waals surface area contributed by atoms with Crippen molar-refractivity contribution in [1.29, 1.82) is 0 Å². The lowest BCUT2D eigenvalue weighted by Crippen LogP contribution is -2.00. The van der Waals surface area contributed by atoms with Gasteiger partial charge in [0.05, 0.1) is 7.11 Å². The molecule has 0 bridgehead atoms. The van der Waals surface area contributed by atoms with Crippen LogP contribution in [-0.2, 0) is 9.47 Å². The number of hydrogen-bond donors (Lipinski definition) is 0. The molecule has 0 spiro atoms. The first kappa shape index (κ1) is 7.00. The van der Waals surface area contributed by atoms with Gasteiger partial charge in [-0.2, -0.15) is 0 Å². The number of alkyl halides is 1. The van der Waals surface area contributed by atoms with Crippen molar-refractivity contribution in [2.24, 2.45) is 0 Å². The van der Waals surface area contributed by atoms with Gasteiger partial charge in [-0.1, -0.05) is 0 Å². The van der Waals surface area contributed by atoms with E-state index in [1.165, 1.54) is 7.11 Å². The minimum atomic E-state index is -0.630. The van der Waals surface area contributed by atoms with Gasteiger partial charge in [0, 0.05) is 0 Å². The molecule has 4 heteroatoms. The molecule has 0 aliphatic carbocycles. The fraction of sp³-hybridized carbons (Fsp3) is 0.667. The van der Waals surface area contributed by atoms with Crippen LogP contribution in [0, 0.1) is 0 Å². The number of rotatable bonds is 1. The summed E-state index contributed by atoms with van der Waals surface area (Å²) in [6.07, 6.45) is -0.630. The highest BCUT2D eigenvalue weighted by atomic mass is 127. The van der Waals surface area contributed by atoms with Gasteiger partial charge in [0.1, 0.15) is 4.61 Å². The molecule has 0 aliphatic heterocycles. The zero-order chi connectivity index (χ0) is 5.70. The quantitative estimate of drug-likeness (QED) is 0.374. The summed E-state index contributed by atoms with van der Waals surface area (Å²) in [5.74, 6) is 0. The molecule has 0 saturated carbocycles. The highest BCUT2D eigenvalue weighted by Gasteiger charge is 1.93. The standard InChI is InChI=1S/C3H5IO3/c1-6-3(5)7-2-4/h2H2,1H3. The predicted molar refractivity (Wildman–Crippen MR) is 32.4 cm³/mol. The number of ether oxygens (including phenoxy) is 2. The zero-order valence-electron chi connectivity index (χ0n) is 3.81. The van der Waals surface area contributed by atoms with Crippen molar-refractivity contribution < 1.29 is 14.3 Å². The summed E-state index contributed by atoms with van der Waals surface area (Å²) >= 11 is 1.90. The second-order valence-electron chi connectivity index (χ2n) is 0.708. The van der Waals surface area contributed by atoms with Crippen LogP contribution in [0.4, 0.5) is 4.79 Å². The van der Waals surface area contributed by atoms with E-state index in [-0.39, 0.29) is 0 Å². The Labute approximate surface area is 55.1 Å². The number of carbonyl (C=O) groups excluding carboxylic acids is 1. The summed E-state index contributed by atoms with van der Waals surface area (Å²) < 4.78 is 8.78. The summed E-state index contributed by atoms with van der Waals surface area (Å²) in [5.41, 5.74) is 0. The molecule has 3 nitrogen and oxygen atoms in total. The Hall–Kier alpha value is 0. The highest BCUT2D eigenvalue weighted by molar-refractivity contribution is 14.1. The van der Waals surface area contributed by atoms with Crippen molar-refractivity contribution in [3.05, 3.63) is 0 Å². The van der Waals surface area contributed by atoms with Crippen LogP contribution in [0.1, 0.15) is 0 Å². The van der Waals surface area contributed by atoms with Gasteiger partial charge >= 0.3 is 6.16 Å². The highest BCUT2D eigenvalue weighted by Crippen LogP contribution is 1.85. The molecule has 0 amide bonds. The van der Waals surface area contributed by atoms with Crippen LogP contribution >= 0.6 is 22.6 Å². The average Bonchev–Trinajstić information content (AvgIpc) is 1.68. The van der Waals surface area contributed by atoms with E-state index in [4.69, 9.17) is 0 Å². The van der Waals surface area contributed by atoms with Crippen molar-refractivity contribution in [3.63, 3.8) is 0 Å². The molecular formula is C3H5IO3. The molecule has 0 atom stereocenters. The number of halogens is 1. The minimum Gasteiger partial charge on any atom is -0.438 e. The van der Waals surface area contributed by atoms with Crippen LogP contribution in [0.25, 0.3) is 0 Å². The molecule has 0 aromatic carbocycles. The lowest BCUT2D eigenvalue weighted by molar-refractivity contribution is 0.0902. The third-order valence-corrected chi connectivity index (χ3v) is 0.650. The molecule has 0 N–H and O–H groups in total. The lowest BCUT2D eigenvalue weighted by Gasteiger charge is -1.93. The maximum Gasteiger partial charge on any atom is 0.508 e. The van der Waals surface area contributed by atoms with Crippen LogP contribution < -0.4 is 0 Å². The number of carbonyl (C=O) groups is 1. The molecular weight excluding hydrogens is 211 g/mol. The fourth-order valence-corrected chi connectivity index (χ4v) is 0.358. The predicted octanol–water partition coefficient (Wildman–Crippen LogP) is 1.16. The Kier molecular flexibility index (Phi) is 4.17. The Morgan fingerprint density at radius 1 is 1.86 bits per heavy atom. The van der Waals surface area contributed by atoms with E-state index in [1.54, 1.807) is 0 Å². The van der Waals surface area contributed by atoms with E-state index in [9.17, 15) is 4.79 Å². The van der Waals surface area contributed by atoms with Gasteiger partial charge in [0.25, 0.3) is 0 Å². The van der Waals surface area contributed by atoms with Crippen LogP contribution in [0.3, 0.4) is 0 Å². The Bertz CT molecular complexity index is 63.2. The Balaban J connectivity index is 3.00. The molecule has 0 aliphatic rings. The topological polar surface area (TPSA) is 35.5 Å². The zero-order valence-corrected chi connectivity index (χ0v) is 5.97. The molecule has 0 heterocycles. The van der Waals surface area contributed by atoms with Gasteiger partial charge < -0.3 is 9.47 Å². The Morgan fingerprint density at radius 3 is 2.57 bits per heavy atom. The van der Waals surface area contributed by atoms with Gasteiger partial charge in [-0.3, -0.25) is 0 Å². The van der Waals surface area contributed by atoms with Crippen LogP contribution in [-0.4, -0.2) is 17.9 Å². The van der Waals surface area contributed by atoms with Gasteiger partial charge in [-0.15, -0.1) is 0 Å². The first-order valence-electron chi connectivity index (χ1n) is 1.58. The molecule has 0 saturated heterocycles. The van der Waals surface area contributed by atoms with E-state index < -0.39 is 6.16 Å². The van der Waals surface area contributed by atoms with Gasteiger partial charge in [-0.25, -0.2) is 4.79 Å². The van der Waals surface area contributed by atoms with Crippen molar-refractivity contribution in [2.45, 2.75) is 0 Å². The second kappa shape index (κ2) is 4.17. The van der Waals surface area contributed by atoms with Crippen LogP contribution in [0.2, 0.25) is 0 Å². The minimum absolute atomic E-state index is 0.338. The average molecular weight is 216 g/mol. The summed E-state index contributed by atoms with van der Waals surface area (Å²) in [4.78, 5) is 9.96. The smallest absolute Gasteiger partial charge is 0.438 e. The first-order valence-corrected chi connectivity index (χ1v) is 3.10. The Morgan fingerprint density at radius 2 is 2.43 bits per heavy atom. The van der Waals surface area contributed by atoms with Crippen LogP contribution in [0.5, 0.6) is 0 Å². The fourth-order valence-electron chi connectivity index (χ4n) is 0.103. The van der Waals surface area contributed by atoms with E-state index >= 15 is 0 Å². The number of hydrogen-bond acceptors (Lipinski definition) is 3. The normalized spacial score (nSPS) is 7.71. The van der Waals surface area contributed by atoms with E-state index in [0.717, 1.165) is 0 Å². The SMILES string of the molecule is COC(=O)OCI. The van der Waals surface area contributed by atoms with Gasteiger partial charge in [0.2, 0.25) is 0 Å². The first-order chi connectivity index (χ1) is 3.31. The van der Waals surface area contributed by atoms with Gasteiger partial charge in [-0.05, 0) is 22.6 Å². The maximum atomic E-state index is 9.96. The summed E-state index contributed by atoms with van der Waals surface area (Å²) in [6, 6.07) is 0. The molecule has 0 aromatic rings. The molecule has 7 heavy (non-hydrogen) atoms. The van der Waals surface area contributed by atoms with Crippen molar-refractivity contribution in [3.8, 4) is 0 Å². The van der Waals surface area contributed by atoms with Crippen LogP contribution in [0.15, 0.2) is 0 Å². The number of methoxy groups -OCH3 is 1. The molecule has 0 radical (unpaired) electrons. The summed E-state index contributed by atoms with van der Waals surface area (Å²) in [7, 11) is 1.27. The second-order valence-corrected chi connectivity index (χ2v) is 1.33. The van der Waals surface area contributed by atoms with Crippen molar-refractivity contribution in [2.75, 3.05) is 11.7 Å². The van der Waals surface area contributed by atoms with E-state index in [2.05, 4.69) is 9.47 Å². The molecule has 0 unspecified atom stereocenters. The summed E-state index contributed by atoms with van der Waals surface area (Å²) in [5, 5.41) is 0. The van der Waals surface area contributed by atoms with E-state index in [1.807, 2.05) is 22.6 Å². The van der Waals surface area contributed by atoms with Crippen molar-refractivity contribution >= 4 is 28.7 Å².